The highest BCUT2D eigenvalue weighted by Crippen LogP contribution is 2.31. The van der Waals surface area contributed by atoms with Gasteiger partial charge in [-0.25, -0.2) is 4.79 Å². The average Bonchev–Trinajstić information content (AvgIpc) is 3.19. The number of amides is 4. The molecule has 3 rings (SSSR count). The Labute approximate surface area is 153 Å². The van der Waals surface area contributed by atoms with Gasteiger partial charge in [0.25, 0.3) is 5.91 Å². The van der Waals surface area contributed by atoms with E-state index in [1.165, 1.54) is 11.3 Å². The third-order valence-electron chi connectivity index (χ3n) is 3.99. The Bertz CT molecular complexity index is 807. The van der Waals surface area contributed by atoms with Crippen molar-refractivity contribution in [2.45, 2.75) is 19.0 Å². The van der Waals surface area contributed by atoms with Crippen molar-refractivity contribution in [1.29, 1.82) is 0 Å². The van der Waals surface area contributed by atoms with Crippen molar-refractivity contribution in [3.05, 3.63) is 57.2 Å². The summed E-state index contributed by atoms with van der Waals surface area (Å²) in [5.74, 6) is -0.838. The van der Waals surface area contributed by atoms with Crippen LogP contribution in [0.3, 0.4) is 0 Å². The summed E-state index contributed by atoms with van der Waals surface area (Å²) < 4.78 is 0. The van der Waals surface area contributed by atoms with Crippen molar-refractivity contribution in [3.63, 3.8) is 0 Å². The molecule has 2 heterocycles. The number of hydrogen-bond acceptors (Lipinski definition) is 4. The summed E-state index contributed by atoms with van der Waals surface area (Å²) in [5, 5.41) is 7.81. The van der Waals surface area contributed by atoms with Crippen molar-refractivity contribution in [2.24, 2.45) is 0 Å². The standard InChI is InChI=1S/C17H16ClN3O3S/c1-17(13-3-2-8-25-13)15(23)21(16(24)20-17)10-14(22)19-9-11-4-6-12(18)7-5-11/h2-8H,9-10H2,1H3,(H,19,22)(H,20,24). The van der Waals surface area contributed by atoms with Gasteiger partial charge < -0.3 is 10.6 Å². The van der Waals surface area contributed by atoms with E-state index in [0.29, 0.717) is 11.6 Å². The predicted octanol–water partition coefficient (Wildman–Crippen LogP) is 2.48. The third kappa shape index (κ3) is 3.52. The van der Waals surface area contributed by atoms with E-state index >= 15 is 0 Å². The van der Waals surface area contributed by atoms with Gasteiger partial charge in [0.05, 0.1) is 0 Å². The maximum atomic E-state index is 12.6. The highest BCUT2D eigenvalue weighted by Gasteiger charge is 2.50. The predicted molar refractivity (Wildman–Crippen MR) is 95.2 cm³/mol. The Hall–Kier alpha value is -2.38. The Morgan fingerprint density at radius 2 is 2.00 bits per heavy atom. The Morgan fingerprint density at radius 1 is 1.28 bits per heavy atom. The number of halogens is 1. The summed E-state index contributed by atoms with van der Waals surface area (Å²) in [6.07, 6.45) is 0. The molecule has 0 radical (unpaired) electrons. The van der Waals surface area contributed by atoms with Gasteiger partial charge in [0.1, 0.15) is 6.54 Å². The lowest BCUT2D eigenvalue weighted by atomic mass is 10.0. The van der Waals surface area contributed by atoms with Crippen LogP contribution in [0, 0.1) is 0 Å². The molecule has 2 N–H and O–H groups in total. The number of benzene rings is 1. The summed E-state index contributed by atoms with van der Waals surface area (Å²) in [7, 11) is 0. The lowest BCUT2D eigenvalue weighted by Gasteiger charge is -2.19. The zero-order valence-electron chi connectivity index (χ0n) is 13.4. The maximum Gasteiger partial charge on any atom is 0.325 e. The topological polar surface area (TPSA) is 78.5 Å². The second-order valence-corrected chi connectivity index (χ2v) is 7.21. The molecule has 130 valence electrons. The zero-order valence-corrected chi connectivity index (χ0v) is 15.0. The molecule has 1 aromatic carbocycles. The van der Waals surface area contributed by atoms with E-state index in [0.717, 1.165) is 15.3 Å². The smallest absolute Gasteiger partial charge is 0.325 e. The summed E-state index contributed by atoms with van der Waals surface area (Å²) in [4.78, 5) is 38.6. The van der Waals surface area contributed by atoms with Crippen molar-refractivity contribution in [2.75, 3.05) is 6.54 Å². The fourth-order valence-electron chi connectivity index (χ4n) is 2.57. The molecule has 0 bridgehead atoms. The molecule has 1 fully saturated rings. The van der Waals surface area contributed by atoms with Crippen LogP contribution in [-0.2, 0) is 21.7 Å². The van der Waals surface area contributed by atoms with Crippen molar-refractivity contribution in [3.8, 4) is 0 Å². The highest BCUT2D eigenvalue weighted by molar-refractivity contribution is 7.10. The van der Waals surface area contributed by atoms with Crippen LogP contribution in [0.1, 0.15) is 17.4 Å². The number of thiophene rings is 1. The number of imide groups is 1. The molecule has 1 aliphatic heterocycles. The molecule has 0 aliphatic carbocycles. The number of nitrogens with one attached hydrogen (secondary N) is 2. The van der Waals surface area contributed by atoms with E-state index in [-0.39, 0.29) is 6.54 Å². The first-order chi connectivity index (χ1) is 11.9. The molecule has 1 aromatic heterocycles. The minimum Gasteiger partial charge on any atom is -0.350 e. The van der Waals surface area contributed by atoms with Crippen LogP contribution < -0.4 is 10.6 Å². The second kappa shape index (κ2) is 6.85. The first kappa shape index (κ1) is 17.4. The molecule has 8 heteroatoms. The van der Waals surface area contributed by atoms with Crippen LogP contribution >= 0.6 is 22.9 Å². The van der Waals surface area contributed by atoms with Crippen LogP contribution in [0.5, 0.6) is 0 Å². The number of carbonyl (C=O) groups excluding carboxylic acids is 3. The summed E-state index contributed by atoms with van der Waals surface area (Å²) in [6, 6.07) is 10.1. The fraction of sp³-hybridized carbons (Fsp3) is 0.235. The molecule has 0 spiro atoms. The largest absolute Gasteiger partial charge is 0.350 e. The van der Waals surface area contributed by atoms with Crippen molar-refractivity contribution < 1.29 is 14.4 Å². The first-order valence-electron chi connectivity index (χ1n) is 7.59. The minimum atomic E-state index is -1.12. The maximum absolute atomic E-state index is 12.6. The third-order valence-corrected chi connectivity index (χ3v) is 5.34. The van der Waals surface area contributed by atoms with E-state index in [4.69, 9.17) is 11.6 Å². The van der Waals surface area contributed by atoms with Crippen molar-refractivity contribution in [1.82, 2.24) is 15.5 Å². The van der Waals surface area contributed by atoms with Gasteiger partial charge in [0, 0.05) is 16.4 Å². The van der Waals surface area contributed by atoms with Crippen LogP contribution in [-0.4, -0.2) is 29.3 Å². The summed E-state index contributed by atoms with van der Waals surface area (Å²) in [6.45, 7) is 1.62. The monoisotopic (exact) mass is 377 g/mol. The average molecular weight is 378 g/mol. The molecule has 1 saturated heterocycles. The molecule has 25 heavy (non-hydrogen) atoms. The number of hydrogen-bond donors (Lipinski definition) is 2. The lowest BCUT2D eigenvalue weighted by molar-refractivity contribution is -0.134. The number of nitrogens with zero attached hydrogens (tertiary/aromatic N) is 1. The molecule has 1 atom stereocenters. The summed E-state index contributed by atoms with van der Waals surface area (Å²) >= 11 is 7.19. The Morgan fingerprint density at radius 3 is 2.64 bits per heavy atom. The van der Waals surface area contributed by atoms with E-state index in [2.05, 4.69) is 10.6 Å². The first-order valence-corrected chi connectivity index (χ1v) is 8.85. The molecular weight excluding hydrogens is 362 g/mol. The SMILES string of the molecule is CC1(c2cccs2)NC(=O)N(CC(=O)NCc2ccc(Cl)cc2)C1=O. The van der Waals surface area contributed by atoms with E-state index in [1.807, 2.05) is 11.4 Å². The van der Waals surface area contributed by atoms with Crippen LogP contribution in [0.2, 0.25) is 5.02 Å². The number of carbonyl (C=O) groups is 3. The molecule has 1 unspecified atom stereocenters. The number of rotatable bonds is 5. The fourth-order valence-corrected chi connectivity index (χ4v) is 3.53. The molecular formula is C17H16ClN3O3S. The quantitative estimate of drug-likeness (QED) is 0.786. The zero-order chi connectivity index (χ0) is 18.0. The van der Waals surface area contributed by atoms with E-state index in [1.54, 1.807) is 37.3 Å². The molecule has 4 amide bonds. The van der Waals surface area contributed by atoms with Gasteiger partial charge in [-0.15, -0.1) is 11.3 Å². The van der Waals surface area contributed by atoms with Gasteiger partial charge in [0.2, 0.25) is 5.91 Å². The van der Waals surface area contributed by atoms with Gasteiger partial charge in [-0.1, -0.05) is 29.8 Å². The molecule has 1 aliphatic rings. The van der Waals surface area contributed by atoms with Gasteiger partial charge in [0.15, 0.2) is 5.54 Å². The minimum absolute atomic E-state index is 0.293. The Kier molecular flexibility index (Phi) is 4.78. The van der Waals surface area contributed by atoms with Crippen LogP contribution in [0.25, 0.3) is 0 Å². The van der Waals surface area contributed by atoms with E-state index in [9.17, 15) is 14.4 Å². The van der Waals surface area contributed by atoms with Crippen LogP contribution in [0.15, 0.2) is 41.8 Å². The second-order valence-electron chi connectivity index (χ2n) is 5.83. The van der Waals surface area contributed by atoms with E-state index < -0.39 is 23.4 Å². The van der Waals surface area contributed by atoms with Crippen LogP contribution in [0.4, 0.5) is 4.79 Å². The molecule has 0 saturated carbocycles. The highest BCUT2D eigenvalue weighted by atomic mass is 35.5. The molecule has 2 aromatic rings. The van der Waals surface area contributed by atoms with Crippen molar-refractivity contribution >= 4 is 40.8 Å². The van der Waals surface area contributed by atoms with Gasteiger partial charge >= 0.3 is 6.03 Å². The molecule has 6 nitrogen and oxygen atoms in total. The van der Waals surface area contributed by atoms with Gasteiger partial charge in [-0.3, -0.25) is 14.5 Å². The van der Waals surface area contributed by atoms with Gasteiger partial charge in [-0.05, 0) is 36.1 Å². The number of urea groups is 1. The van der Waals surface area contributed by atoms with Gasteiger partial charge in [-0.2, -0.15) is 0 Å². The normalized spacial score (nSPS) is 19.8. The summed E-state index contributed by atoms with van der Waals surface area (Å²) in [5.41, 5.74) is -0.250. The Balaban J connectivity index is 1.62. The lowest BCUT2D eigenvalue weighted by Crippen LogP contribution is -2.42.